The van der Waals surface area contributed by atoms with Crippen LogP contribution in [0.1, 0.15) is 30.3 Å². The Morgan fingerprint density at radius 3 is 2.63 bits per heavy atom. The second-order valence-corrected chi connectivity index (χ2v) is 7.63. The second kappa shape index (κ2) is 10.1. The molecule has 1 unspecified atom stereocenters. The normalized spacial score (nSPS) is 12.6. The average molecular weight is 389 g/mol. The van der Waals surface area contributed by atoms with E-state index in [1.165, 1.54) is 4.88 Å². The fourth-order valence-electron chi connectivity index (χ4n) is 2.59. The van der Waals surface area contributed by atoms with E-state index in [0.29, 0.717) is 18.0 Å². The van der Waals surface area contributed by atoms with Crippen molar-refractivity contribution >= 4 is 23.3 Å². The highest BCUT2D eigenvalue weighted by molar-refractivity contribution is 7.10. The van der Waals surface area contributed by atoms with Crippen LogP contribution in [0.5, 0.6) is 11.5 Å². The van der Waals surface area contributed by atoms with Crippen LogP contribution in [-0.4, -0.2) is 44.7 Å². The highest BCUT2D eigenvalue weighted by Crippen LogP contribution is 2.29. The van der Waals surface area contributed by atoms with Gasteiger partial charge in [0.1, 0.15) is 0 Å². The van der Waals surface area contributed by atoms with Gasteiger partial charge in [0.15, 0.2) is 11.5 Å². The number of rotatable bonds is 9. The Bertz CT molecular complexity index is 755. The summed E-state index contributed by atoms with van der Waals surface area (Å²) < 4.78 is 11.1. The predicted molar refractivity (Wildman–Crippen MR) is 112 cm³/mol. The van der Waals surface area contributed by atoms with Gasteiger partial charge >= 0.3 is 0 Å². The number of ether oxygens (including phenoxy) is 2. The first-order chi connectivity index (χ1) is 12.9. The number of nitrogens with one attached hydrogen (secondary N) is 1. The topological polar surface area (TPSA) is 50.8 Å². The van der Waals surface area contributed by atoms with Crippen molar-refractivity contribution in [2.24, 2.45) is 0 Å². The molecule has 0 radical (unpaired) electrons. The molecule has 27 heavy (non-hydrogen) atoms. The van der Waals surface area contributed by atoms with Crippen molar-refractivity contribution in [2.75, 3.05) is 27.7 Å². The second-order valence-electron chi connectivity index (χ2n) is 6.65. The van der Waals surface area contributed by atoms with Gasteiger partial charge in [0, 0.05) is 17.5 Å². The molecule has 0 aliphatic rings. The lowest BCUT2D eigenvalue weighted by Crippen LogP contribution is -2.33. The zero-order valence-corrected chi connectivity index (χ0v) is 17.4. The number of amides is 1. The minimum atomic E-state index is -0.125. The van der Waals surface area contributed by atoms with Gasteiger partial charge in [-0.1, -0.05) is 12.1 Å². The third kappa shape index (κ3) is 6.41. The predicted octanol–water partition coefficient (Wildman–Crippen LogP) is 3.98. The Hall–Kier alpha value is -2.31. The van der Waals surface area contributed by atoms with Crippen molar-refractivity contribution in [3.05, 3.63) is 52.2 Å². The molecule has 0 saturated heterocycles. The molecule has 1 N–H and O–H groups in total. The Morgan fingerprint density at radius 2 is 2.04 bits per heavy atom. The van der Waals surface area contributed by atoms with E-state index >= 15 is 0 Å². The molecule has 1 amide bonds. The van der Waals surface area contributed by atoms with Crippen molar-refractivity contribution < 1.29 is 14.3 Å². The molecule has 2 aromatic rings. The molecule has 2 rings (SSSR count). The maximum absolute atomic E-state index is 12.2. The number of hydrogen-bond donors (Lipinski definition) is 1. The third-order valence-corrected chi connectivity index (χ3v) is 4.92. The maximum atomic E-state index is 12.2. The Labute approximate surface area is 165 Å². The quantitative estimate of drug-likeness (QED) is 0.660. The fourth-order valence-corrected chi connectivity index (χ4v) is 3.51. The van der Waals surface area contributed by atoms with Crippen LogP contribution in [0.25, 0.3) is 6.08 Å². The molecule has 0 fully saturated rings. The van der Waals surface area contributed by atoms with Crippen LogP contribution in [-0.2, 0) is 4.79 Å². The van der Waals surface area contributed by atoms with Crippen LogP contribution in [0.4, 0.5) is 0 Å². The van der Waals surface area contributed by atoms with E-state index in [9.17, 15) is 4.79 Å². The minimum Gasteiger partial charge on any atom is -0.493 e. The lowest BCUT2D eigenvalue weighted by atomic mass is 10.2. The molecule has 0 bridgehead atoms. The van der Waals surface area contributed by atoms with Crippen LogP contribution in [0.3, 0.4) is 0 Å². The van der Waals surface area contributed by atoms with Crippen molar-refractivity contribution in [1.29, 1.82) is 0 Å². The molecule has 0 aliphatic heterocycles. The number of carbonyl (C=O) groups is 1. The largest absolute Gasteiger partial charge is 0.493 e. The molecule has 1 aromatic heterocycles. The van der Waals surface area contributed by atoms with E-state index in [1.54, 1.807) is 30.6 Å². The number of carbonyl (C=O) groups excluding carboxylic acids is 1. The number of hydrogen-bond acceptors (Lipinski definition) is 5. The number of likely N-dealkylation sites (N-methyl/N-ethyl adjacent to an activating group) is 1. The van der Waals surface area contributed by atoms with Crippen LogP contribution < -0.4 is 14.8 Å². The van der Waals surface area contributed by atoms with Gasteiger partial charge in [-0.15, -0.1) is 11.3 Å². The molecule has 5 nitrogen and oxygen atoms in total. The van der Waals surface area contributed by atoms with E-state index < -0.39 is 0 Å². The van der Waals surface area contributed by atoms with Crippen LogP contribution >= 0.6 is 11.3 Å². The Kier molecular flexibility index (Phi) is 7.88. The first kappa shape index (κ1) is 21.0. The zero-order chi connectivity index (χ0) is 19.8. The Morgan fingerprint density at radius 1 is 1.26 bits per heavy atom. The Balaban J connectivity index is 1.97. The summed E-state index contributed by atoms with van der Waals surface area (Å²) in [7, 11) is 5.63. The SMILES string of the molecule is COc1cc(/C=C/C(=O)NCC(c2cccs2)N(C)C)ccc1OC(C)C. The monoisotopic (exact) mass is 388 g/mol. The molecule has 6 heteroatoms. The van der Waals surface area contributed by atoms with Crippen LogP contribution in [0, 0.1) is 0 Å². The van der Waals surface area contributed by atoms with E-state index in [2.05, 4.69) is 16.3 Å². The summed E-state index contributed by atoms with van der Waals surface area (Å²) in [5, 5.41) is 5.02. The van der Waals surface area contributed by atoms with Gasteiger partial charge in [0.05, 0.1) is 19.3 Å². The van der Waals surface area contributed by atoms with Crippen molar-refractivity contribution in [2.45, 2.75) is 26.0 Å². The van der Waals surface area contributed by atoms with Crippen molar-refractivity contribution in [3.63, 3.8) is 0 Å². The van der Waals surface area contributed by atoms with E-state index in [0.717, 1.165) is 5.56 Å². The lowest BCUT2D eigenvalue weighted by molar-refractivity contribution is -0.116. The van der Waals surface area contributed by atoms with Crippen LogP contribution in [0.15, 0.2) is 41.8 Å². The molecular weight excluding hydrogens is 360 g/mol. The molecule has 0 aliphatic carbocycles. The number of benzene rings is 1. The summed E-state index contributed by atoms with van der Waals surface area (Å²) in [6.45, 7) is 4.49. The van der Waals surface area contributed by atoms with Crippen LogP contribution in [0.2, 0.25) is 0 Å². The van der Waals surface area contributed by atoms with E-state index in [-0.39, 0.29) is 18.1 Å². The van der Waals surface area contributed by atoms with Gasteiger partial charge in [0.25, 0.3) is 0 Å². The van der Waals surface area contributed by atoms with Crippen molar-refractivity contribution in [1.82, 2.24) is 10.2 Å². The number of thiophene rings is 1. The third-order valence-electron chi connectivity index (χ3n) is 3.94. The molecule has 0 saturated carbocycles. The van der Waals surface area contributed by atoms with E-state index in [1.807, 2.05) is 57.6 Å². The van der Waals surface area contributed by atoms with Crippen molar-refractivity contribution in [3.8, 4) is 11.5 Å². The van der Waals surface area contributed by atoms with Gasteiger partial charge in [-0.05, 0) is 63.2 Å². The highest BCUT2D eigenvalue weighted by atomic mass is 32.1. The smallest absolute Gasteiger partial charge is 0.244 e. The fraction of sp³-hybridized carbons (Fsp3) is 0.381. The number of methoxy groups -OCH3 is 1. The summed E-state index contributed by atoms with van der Waals surface area (Å²) in [5.74, 6) is 1.22. The summed E-state index contributed by atoms with van der Waals surface area (Å²) in [5.41, 5.74) is 0.875. The van der Waals surface area contributed by atoms with Gasteiger partial charge in [-0.25, -0.2) is 0 Å². The van der Waals surface area contributed by atoms with Gasteiger partial charge in [0.2, 0.25) is 5.91 Å². The molecule has 146 valence electrons. The van der Waals surface area contributed by atoms with E-state index in [4.69, 9.17) is 9.47 Å². The average Bonchev–Trinajstić information content (AvgIpc) is 3.14. The molecular formula is C21H28N2O3S. The first-order valence-electron chi connectivity index (χ1n) is 8.91. The standard InChI is InChI=1S/C21H28N2O3S/c1-15(2)26-18-10-8-16(13-19(18)25-5)9-11-21(24)22-14-17(23(3)4)20-7-6-12-27-20/h6-13,15,17H,14H2,1-5H3,(H,22,24)/b11-9+. The summed E-state index contributed by atoms with van der Waals surface area (Å²) >= 11 is 1.69. The molecule has 1 heterocycles. The minimum absolute atomic E-state index is 0.0686. The van der Waals surface area contributed by atoms with Gasteiger partial charge in [-0.3, -0.25) is 4.79 Å². The number of nitrogens with zero attached hydrogens (tertiary/aromatic N) is 1. The maximum Gasteiger partial charge on any atom is 0.244 e. The highest BCUT2D eigenvalue weighted by Gasteiger charge is 2.15. The summed E-state index contributed by atoms with van der Waals surface area (Å²) in [6, 6.07) is 9.89. The van der Waals surface area contributed by atoms with Gasteiger partial charge in [-0.2, -0.15) is 0 Å². The lowest BCUT2D eigenvalue weighted by Gasteiger charge is -2.23. The first-order valence-corrected chi connectivity index (χ1v) is 9.79. The summed E-state index contributed by atoms with van der Waals surface area (Å²) in [6.07, 6.45) is 3.38. The molecule has 1 atom stereocenters. The molecule has 1 aromatic carbocycles. The van der Waals surface area contributed by atoms with Gasteiger partial charge < -0.3 is 19.7 Å². The molecule has 0 spiro atoms. The zero-order valence-electron chi connectivity index (χ0n) is 16.6. The summed E-state index contributed by atoms with van der Waals surface area (Å²) in [4.78, 5) is 15.5.